The van der Waals surface area contributed by atoms with Gasteiger partial charge in [-0.25, -0.2) is 19.2 Å². The lowest BCUT2D eigenvalue weighted by Crippen LogP contribution is -2.40. The topological polar surface area (TPSA) is 164 Å². The summed E-state index contributed by atoms with van der Waals surface area (Å²) in [7, 11) is 0. The van der Waals surface area contributed by atoms with Crippen LogP contribution in [0.4, 0.5) is 26.3 Å². The Bertz CT molecular complexity index is 1990. The zero-order valence-electron chi connectivity index (χ0n) is 33.4. The van der Waals surface area contributed by atoms with Crippen LogP contribution in [0.25, 0.3) is 12.2 Å². The van der Waals surface area contributed by atoms with Crippen LogP contribution in [0, 0.1) is 5.41 Å². The zero-order chi connectivity index (χ0) is 45.9. The molecule has 4 aromatic rings. The van der Waals surface area contributed by atoms with E-state index in [2.05, 4.69) is 0 Å². The average Bonchev–Trinajstić information content (AvgIpc) is 3.26. The molecule has 0 aromatic heterocycles. The Morgan fingerprint density at radius 3 is 1.14 bits per heavy atom. The Kier molecular flexibility index (Phi) is 18.3. The monoisotopic (exact) mass is 888 g/mol. The molecule has 12 nitrogen and oxygen atoms in total. The van der Waals surface area contributed by atoms with E-state index in [9.17, 15) is 55.7 Å². The molecule has 336 valence electrons. The number of benzene rings is 4. The van der Waals surface area contributed by atoms with Gasteiger partial charge in [-0.3, -0.25) is 0 Å². The van der Waals surface area contributed by atoms with Gasteiger partial charge >= 0.3 is 36.2 Å². The van der Waals surface area contributed by atoms with Gasteiger partial charge in [0.25, 0.3) is 0 Å². The van der Waals surface area contributed by atoms with Crippen molar-refractivity contribution in [2.75, 3.05) is 39.6 Å². The molecule has 0 amide bonds. The maximum Gasteiger partial charge on any atom is 0.389 e. The number of halogens is 6. The molecular weight excluding hydrogens is 846 g/mol. The first kappa shape index (κ1) is 49.0. The number of hydrogen-bond donors (Lipinski definition) is 2. The van der Waals surface area contributed by atoms with E-state index in [1.54, 1.807) is 24.3 Å². The Hall–Kier alpha value is -6.66. The van der Waals surface area contributed by atoms with Gasteiger partial charge in [0.15, 0.2) is 0 Å². The van der Waals surface area contributed by atoms with Crippen molar-refractivity contribution >= 4 is 36.0 Å². The van der Waals surface area contributed by atoms with Gasteiger partial charge in [0.05, 0.1) is 43.0 Å². The molecule has 0 aliphatic carbocycles. The minimum atomic E-state index is -4.27. The van der Waals surface area contributed by atoms with Crippen LogP contribution in [0.3, 0.4) is 0 Å². The third-order valence-electron chi connectivity index (χ3n) is 8.64. The molecule has 0 heterocycles. The van der Waals surface area contributed by atoms with Gasteiger partial charge < -0.3 is 38.6 Å². The largest absolute Gasteiger partial charge is 0.494 e. The van der Waals surface area contributed by atoms with Gasteiger partial charge in [0.1, 0.15) is 36.2 Å². The summed E-state index contributed by atoms with van der Waals surface area (Å²) >= 11 is 0. The number of carbonyl (C=O) groups is 4. The van der Waals surface area contributed by atoms with Crippen LogP contribution < -0.4 is 18.9 Å². The van der Waals surface area contributed by atoms with Crippen LogP contribution in [0.2, 0.25) is 0 Å². The van der Waals surface area contributed by atoms with E-state index in [0.29, 0.717) is 22.6 Å². The molecule has 2 N–H and O–H groups in total. The molecule has 0 fully saturated rings. The van der Waals surface area contributed by atoms with E-state index in [1.807, 2.05) is 0 Å². The number of alkyl halides is 6. The van der Waals surface area contributed by atoms with Gasteiger partial charge in [-0.05, 0) is 109 Å². The molecule has 0 radical (unpaired) electrons. The summed E-state index contributed by atoms with van der Waals surface area (Å²) in [5, 5.41) is 19.9. The summed E-state index contributed by atoms with van der Waals surface area (Å²) in [5.74, 6) is -2.11. The summed E-state index contributed by atoms with van der Waals surface area (Å²) in [6, 6.07) is 23.5. The number of carbonyl (C=O) groups excluding carboxylic acids is 4. The first-order valence-corrected chi connectivity index (χ1v) is 19.1. The quantitative estimate of drug-likeness (QED) is 0.0255. The van der Waals surface area contributed by atoms with Crippen molar-refractivity contribution in [3.63, 3.8) is 0 Å². The van der Waals surface area contributed by atoms with Gasteiger partial charge in [-0.15, -0.1) is 0 Å². The second-order valence-corrected chi connectivity index (χ2v) is 13.8. The Balaban J connectivity index is 1.17. The summed E-state index contributed by atoms with van der Waals surface area (Å²) in [5.41, 5.74) is -0.148. The lowest BCUT2D eigenvalue weighted by Gasteiger charge is -2.28. The Morgan fingerprint density at radius 2 is 0.825 bits per heavy atom. The van der Waals surface area contributed by atoms with Crippen molar-refractivity contribution in [1.82, 2.24) is 0 Å². The van der Waals surface area contributed by atoms with Gasteiger partial charge in [-0.1, -0.05) is 24.3 Å². The SMILES string of the molecule is O=C(C=Cc1ccc(OC(=O)c2ccc(OCCCC(F)(F)F)cc2)cc1)OCC(CO)(CO)COC(=O)C=Cc1ccc(OC(=O)c2ccc(OCCCC(F)(F)F)cc2)cc1. The summed E-state index contributed by atoms with van der Waals surface area (Å²) in [6.45, 7) is -2.70. The smallest absolute Gasteiger partial charge is 0.389 e. The van der Waals surface area contributed by atoms with Crippen molar-refractivity contribution in [3.05, 3.63) is 131 Å². The van der Waals surface area contributed by atoms with E-state index in [0.717, 1.165) is 12.2 Å². The molecule has 4 aromatic carbocycles. The minimum Gasteiger partial charge on any atom is -0.494 e. The van der Waals surface area contributed by atoms with E-state index in [1.165, 1.54) is 84.9 Å². The fraction of sp³-hybridized carbons (Fsp3) is 0.289. The van der Waals surface area contributed by atoms with Gasteiger partial charge in [0.2, 0.25) is 0 Å². The normalized spacial score (nSPS) is 11.9. The van der Waals surface area contributed by atoms with E-state index < -0.39 is 80.9 Å². The van der Waals surface area contributed by atoms with Crippen LogP contribution in [-0.2, 0) is 19.1 Å². The zero-order valence-corrected chi connectivity index (χ0v) is 33.4. The van der Waals surface area contributed by atoms with Crippen LogP contribution in [0.1, 0.15) is 57.5 Å². The van der Waals surface area contributed by atoms with Crippen molar-refractivity contribution in [2.24, 2.45) is 5.41 Å². The predicted octanol–water partition coefficient (Wildman–Crippen LogP) is 8.35. The van der Waals surface area contributed by atoms with Crippen molar-refractivity contribution < 1.29 is 84.2 Å². The number of esters is 4. The maximum absolute atomic E-state index is 12.5. The highest BCUT2D eigenvalue weighted by Gasteiger charge is 2.33. The predicted molar refractivity (Wildman–Crippen MR) is 214 cm³/mol. The average molecular weight is 889 g/mol. The number of hydrogen-bond acceptors (Lipinski definition) is 12. The molecule has 0 atom stereocenters. The Morgan fingerprint density at radius 1 is 0.492 bits per heavy atom. The highest BCUT2D eigenvalue weighted by Crippen LogP contribution is 2.24. The second-order valence-electron chi connectivity index (χ2n) is 13.8. The molecule has 4 rings (SSSR count). The van der Waals surface area contributed by atoms with Crippen LogP contribution in [-0.4, -0.2) is 86.1 Å². The molecular formula is C45H42F6O12. The molecule has 0 saturated carbocycles. The summed E-state index contributed by atoms with van der Waals surface area (Å²) in [4.78, 5) is 50.0. The van der Waals surface area contributed by atoms with Crippen LogP contribution in [0.15, 0.2) is 109 Å². The third-order valence-corrected chi connectivity index (χ3v) is 8.64. The molecule has 0 unspecified atom stereocenters. The number of rotatable bonds is 22. The number of aliphatic hydroxyl groups is 2. The first-order valence-electron chi connectivity index (χ1n) is 19.1. The van der Waals surface area contributed by atoms with Gasteiger partial charge in [0, 0.05) is 25.0 Å². The second kappa shape index (κ2) is 23.5. The molecule has 63 heavy (non-hydrogen) atoms. The first-order chi connectivity index (χ1) is 29.9. The highest BCUT2D eigenvalue weighted by atomic mass is 19.4. The van der Waals surface area contributed by atoms with E-state index >= 15 is 0 Å². The molecule has 0 spiro atoms. The fourth-order valence-electron chi connectivity index (χ4n) is 5.07. The standard InChI is InChI=1S/C45H42F6O12/c46-44(47,48)23-1-25-58-35-17-9-33(10-18-35)41(56)62-37-13-3-31(4-14-37)7-21-39(54)60-29-43(27-52,28-53)30-61-40(55)22-8-32-5-15-38(16-6-32)63-42(57)34-11-19-36(20-12-34)59-26-2-24-45(49,50)51/h3-22,52-53H,1-2,23-30H2. The van der Waals surface area contributed by atoms with E-state index in [4.69, 9.17) is 28.4 Å². The van der Waals surface area contributed by atoms with Crippen LogP contribution >= 0.6 is 0 Å². The lowest BCUT2D eigenvalue weighted by molar-refractivity contribution is -0.153. The highest BCUT2D eigenvalue weighted by molar-refractivity contribution is 5.92. The molecule has 0 aliphatic heterocycles. The van der Waals surface area contributed by atoms with Crippen molar-refractivity contribution in [3.8, 4) is 23.0 Å². The molecule has 0 saturated heterocycles. The molecule has 18 heteroatoms. The van der Waals surface area contributed by atoms with Crippen molar-refractivity contribution in [2.45, 2.75) is 38.0 Å². The van der Waals surface area contributed by atoms with E-state index in [-0.39, 0.29) is 48.7 Å². The molecule has 0 aliphatic rings. The molecule has 0 bridgehead atoms. The Labute approximate surface area is 357 Å². The fourth-order valence-corrected chi connectivity index (χ4v) is 5.07. The third kappa shape index (κ3) is 18.1. The minimum absolute atomic E-state index is 0.137. The summed E-state index contributed by atoms with van der Waals surface area (Å²) < 4.78 is 105. The maximum atomic E-state index is 12.5. The number of aliphatic hydroxyl groups excluding tert-OH is 2. The summed E-state index contributed by atoms with van der Waals surface area (Å²) in [6.07, 6.45) is -5.91. The van der Waals surface area contributed by atoms with Crippen molar-refractivity contribution in [1.29, 1.82) is 0 Å². The lowest BCUT2D eigenvalue weighted by atomic mass is 9.92. The number of ether oxygens (including phenoxy) is 6. The van der Waals surface area contributed by atoms with Crippen LogP contribution in [0.5, 0.6) is 23.0 Å². The van der Waals surface area contributed by atoms with Gasteiger partial charge in [-0.2, -0.15) is 26.3 Å².